The van der Waals surface area contributed by atoms with Crippen molar-refractivity contribution in [2.75, 3.05) is 18.0 Å². The van der Waals surface area contributed by atoms with Gasteiger partial charge in [0.25, 0.3) is 0 Å². The van der Waals surface area contributed by atoms with Crippen LogP contribution in [0.2, 0.25) is 0 Å². The molecular formula is C33H39NO2. The van der Waals surface area contributed by atoms with E-state index in [0.29, 0.717) is 18.3 Å². The van der Waals surface area contributed by atoms with Gasteiger partial charge in [-0.25, -0.2) is 0 Å². The van der Waals surface area contributed by atoms with E-state index in [-0.39, 0.29) is 22.9 Å². The van der Waals surface area contributed by atoms with Crippen LogP contribution in [-0.4, -0.2) is 24.7 Å². The minimum absolute atomic E-state index is 0.138. The Kier molecular flexibility index (Phi) is 5.78. The van der Waals surface area contributed by atoms with E-state index in [1.54, 1.807) is 12.5 Å². The first-order valence-electron chi connectivity index (χ1n) is 14.1. The Morgan fingerprint density at radius 3 is 2.50 bits per heavy atom. The van der Waals surface area contributed by atoms with Crippen molar-refractivity contribution >= 4 is 17.3 Å². The molecule has 0 bridgehead atoms. The predicted octanol–water partition coefficient (Wildman–Crippen LogP) is 6.79. The number of fused-ring (bicyclic) bond motifs is 4. The van der Waals surface area contributed by atoms with Gasteiger partial charge in [-0.1, -0.05) is 30.6 Å². The molecule has 0 radical (unpaired) electrons. The van der Waals surface area contributed by atoms with E-state index in [1.807, 2.05) is 13.0 Å². The molecule has 3 heteroatoms. The molecule has 3 fully saturated rings. The van der Waals surface area contributed by atoms with E-state index in [9.17, 15) is 9.59 Å². The Labute approximate surface area is 216 Å². The summed E-state index contributed by atoms with van der Waals surface area (Å²) < 4.78 is 0. The largest absolute Gasteiger partial charge is 0.372 e. The number of ketones is 2. The van der Waals surface area contributed by atoms with Crippen LogP contribution in [0.4, 0.5) is 5.69 Å². The number of Topliss-reactive ketones (excluding diaryl/α,β-unsaturated/α-hetero) is 1. The molecule has 0 N–H and O–H groups in total. The van der Waals surface area contributed by atoms with E-state index in [0.717, 1.165) is 51.6 Å². The monoisotopic (exact) mass is 481 g/mol. The number of hydrogen-bond donors (Lipinski definition) is 0. The molecule has 36 heavy (non-hydrogen) atoms. The molecular weight excluding hydrogens is 442 g/mol. The first kappa shape index (κ1) is 23.8. The predicted molar refractivity (Wildman–Crippen MR) is 145 cm³/mol. The Hall–Kier alpha value is -2.60. The summed E-state index contributed by atoms with van der Waals surface area (Å²) in [4.78, 5) is 28.1. The number of carbonyl (C=O) groups excluding carboxylic acids is 2. The zero-order valence-electron chi connectivity index (χ0n) is 22.2. The van der Waals surface area contributed by atoms with Crippen molar-refractivity contribution in [2.45, 2.75) is 84.5 Å². The van der Waals surface area contributed by atoms with Crippen molar-refractivity contribution in [1.29, 1.82) is 0 Å². The van der Waals surface area contributed by atoms with Crippen LogP contribution in [-0.2, 0) is 9.59 Å². The summed E-state index contributed by atoms with van der Waals surface area (Å²) >= 11 is 0. The zero-order chi connectivity index (χ0) is 25.1. The van der Waals surface area contributed by atoms with Crippen molar-refractivity contribution in [1.82, 2.24) is 0 Å². The molecule has 1 saturated heterocycles. The average Bonchev–Trinajstić information content (AvgIpc) is 3.51. The fourth-order valence-corrected chi connectivity index (χ4v) is 8.96. The van der Waals surface area contributed by atoms with Gasteiger partial charge in [-0.3, -0.25) is 9.59 Å². The van der Waals surface area contributed by atoms with E-state index in [1.165, 1.54) is 35.2 Å². The first-order valence-corrected chi connectivity index (χ1v) is 14.1. The standard InChI is InChI=1S/C33H39NO2/c1-4-16-33(22(2)35)17-15-30-28-13-9-24-20-26(36)12-14-27(24)31(28)29(21-32(30,33)3)23-7-10-25(11-8-23)34-18-5-6-19-34/h7-8,10-11,20,28-30H,5-6,9,12-15,17-19,21H2,1-3H3/t28-,29?,30-,32-,33+/m0/s1. The lowest BCUT2D eigenvalue weighted by Gasteiger charge is -2.54. The van der Waals surface area contributed by atoms with Gasteiger partial charge in [0.15, 0.2) is 5.78 Å². The quantitative estimate of drug-likeness (QED) is 0.446. The Morgan fingerprint density at radius 1 is 1.06 bits per heavy atom. The number of carbonyl (C=O) groups is 2. The maximum Gasteiger partial charge on any atom is 0.156 e. The van der Waals surface area contributed by atoms with E-state index >= 15 is 0 Å². The van der Waals surface area contributed by atoms with Gasteiger partial charge in [0.05, 0.1) is 5.41 Å². The van der Waals surface area contributed by atoms with E-state index in [4.69, 9.17) is 0 Å². The molecule has 1 aromatic rings. The van der Waals surface area contributed by atoms with Crippen molar-refractivity contribution in [2.24, 2.45) is 22.7 Å². The summed E-state index contributed by atoms with van der Waals surface area (Å²) in [5, 5.41) is 0. The Bertz CT molecular complexity index is 1220. The summed E-state index contributed by atoms with van der Waals surface area (Å²) in [5.41, 5.74) is 6.38. The maximum absolute atomic E-state index is 13.3. The molecule has 6 rings (SSSR count). The normalized spacial score (nSPS) is 35.4. The molecule has 0 aromatic heterocycles. The van der Waals surface area contributed by atoms with Gasteiger partial charge in [0.2, 0.25) is 0 Å². The minimum Gasteiger partial charge on any atom is -0.372 e. The molecule has 2 saturated carbocycles. The van der Waals surface area contributed by atoms with Crippen LogP contribution in [0.15, 0.2) is 47.1 Å². The van der Waals surface area contributed by atoms with Crippen molar-refractivity contribution in [3.05, 3.63) is 52.6 Å². The summed E-state index contributed by atoms with van der Waals surface area (Å²) in [6.45, 7) is 8.36. The number of allylic oxidation sites excluding steroid dienone is 4. The lowest BCUT2D eigenvalue weighted by atomic mass is 9.48. The first-order chi connectivity index (χ1) is 17.4. The topological polar surface area (TPSA) is 37.4 Å². The molecule has 1 aromatic carbocycles. The molecule has 3 nitrogen and oxygen atoms in total. The van der Waals surface area contributed by atoms with E-state index < -0.39 is 5.41 Å². The molecule has 0 amide bonds. The molecule has 5 aliphatic rings. The Balaban J connectivity index is 1.49. The number of anilines is 1. The van der Waals surface area contributed by atoms with Gasteiger partial charge < -0.3 is 4.90 Å². The van der Waals surface area contributed by atoms with Crippen LogP contribution in [0.5, 0.6) is 0 Å². The summed E-state index contributed by atoms with van der Waals surface area (Å²) in [7, 11) is 0. The van der Waals surface area contributed by atoms with Gasteiger partial charge in [-0.15, -0.1) is 5.92 Å². The van der Waals surface area contributed by atoms with Crippen LogP contribution in [0.1, 0.15) is 90.0 Å². The third-order valence-electron chi connectivity index (χ3n) is 10.6. The fourth-order valence-electron chi connectivity index (χ4n) is 8.96. The van der Waals surface area contributed by atoms with Crippen LogP contribution in [0.25, 0.3) is 0 Å². The average molecular weight is 482 g/mol. The SMILES string of the molecule is CC#C[C@]1(C(C)=O)CC[C@H]2[C@@H]3CCC4=CC(=O)CCC4=C3C(c3ccc(N4CCCC4)cc3)C[C@@]21C. The number of nitrogens with zero attached hydrogens (tertiary/aromatic N) is 1. The molecule has 188 valence electrons. The van der Waals surface area contributed by atoms with Crippen molar-refractivity contribution in [3.63, 3.8) is 0 Å². The highest BCUT2D eigenvalue weighted by Crippen LogP contribution is 2.69. The molecule has 1 unspecified atom stereocenters. The van der Waals surface area contributed by atoms with Crippen LogP contribution >= 0.6 is 0 Å². The second-order valence-corrected chi connectivity index (χ2v) is 12.2. The minimum atomic E-state index is -0.547. The summed E-state index contributed by atoms with van der Waals surface area (Å²) in [6, 6.07) is 9.35. The number of hydrogen-bond acceptors (Lipinski definition) is 3. The lowest BCUT2D eigenvalue weighted by Crippen LogP contribution is -2.50. The second kappa shape index (κ2) is 8.76. The molecule has 4 aliphatic carbocycles. The Morgan fingerprint density at radius 2 is 1.81 bits per heavy atom. The zero-order valence-corrected chi connectivity index (χ0v) is 22.2. The third kappa shape index (κ3) is 3.40. The molecule has 1 aliphatic heterocycles. The lowest BCUT2D eigenvalue weighted by molar-refractivity contribution is -0.130. The van der Waals surface area contributed by atoms with Gasteiger partial charge >= 0.3 is 0 Å². The van der Waals surface area contributed by atoms with Crippen molar-refractivity contribution < 1.29 is 9.59 Å². The maximum atomic E-state index is 13.3. The highest BCUT2D eigenvalue weighted by atomic mass is 16.1. The van der Waals surface area contributed by atoms with Gasteiger partial charge in [-0.2, -0.15) is 0 Å². The summed E-state index contributed by atoms with van der Waals surface area (Å²) in [6.07, 6.45) is 11.0. The van der Waals surface area contributed by atoms with E-state index in [2.05, 4.69) is 47.9 Å². The smallest absolute Gasteiger partial charge is 0.156 e. The van der Waals surface area contributed by atoms with Crippen molar-refractivity contribution in [3.8, 4) is 11.8 Å². The molecule has 5 atom stereocenters. The van der Waals surface area contributed by atoms with Gasteiger partial charge in [-0.05, 0) is 117 Å². The number of benzene rings is 1. The fraction of sp³-hybridized carbons (Fsp3) is 0.576. The van der Waals surface area contributed by atoms with Crippen LogP contribution < -0.4 is 4.90 Å². The molecule has 1 heterocycles. The number of rotatable bonds is 3. The second-order valence-electron chi connectivity index (χ2n) is 12.2. The van der Waals surface area contributed by atoms with Gasteiger partial charge in [0, 0.05) is 31.1 Å². The highest BCUT2D eigenvalue weighted by molar-refractivity contribution is 5.93. The van der Waals surface area contributed by atoms with Crippen LogP contribution in [0.3, 0.4) is 0 Å². The molecule has 0 spiro atoms. The van der Waals surface area contributed by atoms with Gasteiger partial charge in [0.1, 0.15) is 5.78 Å². The third-order valence-corrected chi connectivity index (χ3v) is 10.6. The summed E-state index contributed by atoms with van der Waals surface area (Å²) in [5.74, 6) is 8.44. The highest BCUT2D eigenvalue weighted by Gasteiger charge is 2.64. The van der Waals surface area contributed by atoms with Crippen LogP contribution in [0, 0.1) is 34.5 Å².